The van der Waals surface area contributed by atoms with Gasteiger partial charge in [0.1, 0.15) is 5.82 Å². The van der Waals surface area contributed by atoms with Crippen LogP contribution in [0.3, 0.4) is 0 Å². The molecule has 0 spiro atoms. The van der Waals surface area contributed by atoms with Gasteiger partial charge < -0.3 is 10.0 Å². The Morgan fingerprint density at radius 3 is 2.67 bits per heavy atom. The van der Waals surface area contributed by atoms with Crippen LogP contribution in [0.15, 0.2) is 53.6 Å². The summed E-state index contributed by atoms with van der Waals surface area (Å²) in [5.41, 5.74) is 1.59. The Kier molecular flexibility index (Phi) is 5.55. The molecule has 124 valence electrons. The number of thiazole rings is 1. The van der Waals surface area contributed by atoms with Gasteiger partial charge in [-0.3, -0.25) is 0 Å². The molecule has 0 saturated carbocycles. The molecule has 0 bridgehead atoms. The van der Waals surface area contributed by atoms with Crippen LogP contribution >= 0.6 is 34.9 Å². The maximum absolute atomic E-state index is 14.2. The van der Waals surface area contributed by atoms with Crippen LogP contribution in [0.5, 0.6) is 0 Å². The molecule has 0 aliphatic heterocycles. The Morgan fingerprint density at radius 2 is 1.96 bits per heavy atom. The third-order valence-corrected chi connectivity index (χ3v) is 5.04. The van der Waals surface area contributed by atoms with E-state index in [1.54, 1.807) is 0 Å². The van der Waals surface area contributed by atoms with Crippen LogP contribution in [0.25, 0.3) is 0 Å². The molecule has 1 aromatic heterocycles. The second kappa shape index (κ2) is 7.83. The van der Waals surface area contributed by atoms with Crippen molar-refractivity contribution in [2.75, 3.05) is 10.0 Å². The predicted molar refractivity (Wildman–Crippen MR) is 96.7 cm³/mol. The summed E-state index contributed by atoms with van der Waals surface area (Å²) in [7, 11) is 0. The Labute approximate surface area is 151 Å². The number of anilines is 2. The quantitative estimate of drug-likeness (QED) is 0.527. The minimum absolute atomic E-state index is 0.306. The van der Waals surface area contributed by atoms with Crippen molar-refractivity contribution in [2.24, 2.45) is 0 Å². The van der Waals surface area contributed by atoms with Crippen LogP contribution in [0.4, 0.5) is 19.6 Å². The van der Waals surface area contributed by atoms with Crippen molar-refractivity contribution in [1.82, 2.24) is 4.98 Å². The van der Waals surface area contributed by atoms with E-state index in [2.05, 4.69) is 15.0 Å². The topological polar surface area (TPSA) is 37.0 Å². The number of nitrogens with zero attached hydrogens (tertiary/aromatic N) is 1. The van der Waals surface area contributed by atoms with Crippen LogP contribution in [0.2, 0.25) is 5.02 Å². The van der Waals surface area contributed by atoms with E-state index in [9.17, 15) is 8.78 Å². The molecule has 1 heterocycles. The fraction of sp³-hybridized carbons (Fsp3) is 0.0625. The molecule has 0 radical (unpaired) electrons. The summed E-state index contributed by atoms with van der Waals surface area (Å²) in [5.74, 6) is -0.426. The second-order valence-corrected chi connectivity index (χ2v) is 7.01. The zero-order chi connectivity index (χ0) is 16.9. The zero-order valence-electron chi connectivity index (χ0n) is 12.2. The van der Waals surface area contributed by atoms with E-state index in [4.69, 9.17) is 11.6 Å². The SMILES string of the molecule is Fc1cnc(NSc2cc(Cl)c(NCc3ccccc3)cc2F)s1. The average Bonchev–Trinajstić information content (AvgIpc) is 3.00. The summed E-state index contributed by atoms with van der Waals surface area (Å²) < 4.78 is 29.9. The number of aromatic nitrogens is 1. The second-order valence-electron chi connectivity index (χ2n) is 4.78. The summed E-state index contributed by atoms with van der Waals surface area (Å²) >= 11 is 8.05. The summed E-state index contributed by atoms with van der Waals surface area (Å²) in [4.78, 5) is 4.11. The zero-order valence-corrected chi connectivity index (χ0v) is 14.6. The van der Waals surface area contributed by atoms with Crippen molar-refractivity contribution in [3.63, 3.8) is 0 Å². The first-order valence-corrected chi connectivity index (χ1v) is 8.94. The molecule has 0 aliphatic rings. The summed E-state index contributed by atoms with van der Waals surface area (Å²) in [6.07, 6.45) is 1.10. The molecular weight excluding hydrogens is 372 g/mol. The first-order valence-electron chi connectivity index (χ1n) is 6.93. The average molecular weight is 384 g/mol. The van der Waals surface area contributed by atoms with Crippen molar-refractivity contribution >= 4 is 45.7 Å². The van der Waals surface area contributed by atoms with E-state index >= 15 is 0 Å². The van der Waals surface area contributed by atoms with Gasteiger partial charge in [-0.2, -0.15) is 4.39 Å². The summed E-state index contributed by atoms with van der Waals surface area (Å²) in [6, 6.07) is 12.6. The molecule has 24 heavy (non-hydrogen) atoms. The highest BCUT2D eigenvalue weighted by atomic mass is 35.5. The lowest BCUT2D eigenvalue weighted by Gasteiger charge is -2.11. The van der Waals surface area contributed by atoms with Crippen LogP contribution < -0.4 is 10.0 Å². The maximum Gasteiger partial charge on any atom is 0.198 e. The van der Waals surface area contributed by atoms with E-state index in [0.29, 0.717) is 27.3 Å². The lowest BCUT2D eigenvalue weighted by Crippen LogP contribution is -2.01. The predicted octanol–water partition coefficient (Wildman–Crippen LogP) is 5.81. The molecule has 2 N–H and O–H groups in total. The minimum atomic E-state index is -0.426. The van der Waals surface area contributed by atoms with Crippen LogP contribution in [-0.2, 0) is 6.54 Å². The van der Waals surface area contributed by atoms with Gasteiger partial charge in [0.25, 0.3) is 0 Å². The molecule has 3 rings (SSSR count). The first-order chi connectivity index (χ1) is 11.6. The lowest BCUT2D eigenvalue weighted by atomic mass is 10.2. The molecule has 3 aromatic rings. The third kappa shape index (κ3) is 4.37. The standard InChI is InChI=1S/C16H12ClF2N3S2/c17-11-6-14(24-22-16-21-9-15(19)23-16)12(18)7-13(11)20-8-10-4-2-1-3-5-10/h1-7,9,20H,8H2,(H,21,22). The van der Waals surface area contributed by atoms with E-state index < -0.39 is 10.9 Å². The lowest BCUT2D eigenvalue weighted by molar-refractivity contribution is 0.602. The van der Waals surface area contributed by atoms with Gasteiger partial charge in [-0.25, -0.2) is 9.37 Å². The smallest absolute Gasteiger partial charge is 0.198 e. The van der Waals surface area contributed by atoms with Gasteiger partial charge in [-0.1, -0.05) is 53.3 Å². The van der Waals surface area contributed by atoms with Crippen molar-refractivity contribution in [3.8, 4) is 0 Å². The third-order valence-electron chi connectivity index (χ3n) is 3.07. The van der Waals surface area contributed by atoms with Gasteiger partial charge in [-0.05, 0) is 29.6 Å². The molecule has 0 aliphatic carbocycles. The fourth-order valence-corrected chi connectivity index (χ4v) is 3.50. The largest absolute Gasteiger partial charge is 0.380 e. The first kappa shape index (κ1) is 17.0. The Bertz CT molecular complexity index is 827. The van der Waals surface area contributed by atoms with Crippen molar-refractivity contribution in [3.05, 3.63) is 70.2 Å². The van der Waals surface area contributed by atoms with Crippen molar-refractivity contribution in [1.29, 1.82) is 0 Å². The van der Waals surface area contributed by atoms with Crippen LogP contribution in [0, 0.1) is 10.9 Å². The highest BCUT2D eigenvalue weighted by Crippen LogP contribution is 2.32. The van der Waals surface area contributed by atoms with Crippen LogP contribution in [0.1, 0.15) is 5.56 Å². The molecular formula is C16H12ClF2N3S2. The number of nitrogens with one attached hydrogen (secondary N) is 2. The van der Waals surface area contributed by atoms with Gasteiger partial charge in [0, 0.05) is 6.54 Å². The molecule has 2 aromatic carbocycles. The molecule has 8 heteroatoms. The summed E-state index contributed by atoms with van der Waals surface area (Å²) in [6.45, 7) is 0.545. The van der Waals surface area contributed by atoms with E-state index in [1.165, 1.54) is 12.1 Å². The highest BCUT2D eigenvalue weighted by molar-refractivity contribution is 8.00. The number of benzene rings is 2. The highest BCUT2D eigenvalue weighted by Gasteiger charge is 2.11. The van der Waals surface area contributed by atoms with Gasteiger partial charge in [-0.15, -0.1) is 0 Å². The Hall–Kier alpha value is -1.83. The van der Waals surface area contributed by atoms with Gasteiger partial charge in [0.2, 0.25) is 0 Å². The number of halogens is 3. The molecule has 3 nitrogen and oxygen atoms in total. The van der Waals surface area contributed by atoms with Gasteiger partial charge in [0.05, 0.1) is 21.8 Å². The van der Waals surface area contributed by atoms with Gasteiger partial charge >= 0.3 is 0 Å². The van der Waals surface area contributed by atoms with Crippen molar-refractivity contribution < 1.29 is 8.78 Å². The number of rotatable bonds is 6. The molecule has 0 atom stereocenters. The molecule has 0 saturated heterocycles. The molecule has 0 unspecified atom stereocenters. The van der Waals surface area contributed by atoms with E-state index in [-0.39, 0.29) is 0 Å². The normalized spacial score (nSPS) is 10.6. The maximum atomic E-state index is 14.2. The van der Waals surface area contributed by atoms with Crippen LogP contribution in [-0.4, -0.2) is 4.98 Å². The Morgan fingerprint density at radius 1 is 1.17 bits per heavy atom. The number of hydrogen-bond donors (Lipinski definition) is 2. The van der Waals surface area contributed by atoms with Crippen molar-refractivity contribution in [2.45, 2.75) is 11.4 Å². The summed E-state index contributed by atoms with van der Waals surface area (Å²) in [5, 5.41) is 3.47. The minimum Gasteiger partial charge on any atom is -0.380 e. The number of hydrogen-bond acceptors (Lipinski definition) is 5. The fourth-order valence-electron chi connectivity index (χ4n) is 1.94. The molecule has 0 amide bonds. The van der Waals surface area contributed by atoms with Gasteiger partial charge in [0.15, 0.2) is 10.3 Å². The Balaban J connectivity index is 1.66. The monoisotopic (exact) mass is 383 g/mol. The molecule has 0 fully saturated rings. The van der Waals surface area contributed by atoms with E-state index in [1.807, 2.05) is 30.3 Å². The van der Waals surface area contributed by atoms with E-state index in [0.717, 1.165) is 35.0 Å².